The Hall–Kier alpha value is 0.620. The van der Waals surface area contributed by atoms with Crippen molar-refractivity contribution in [2.75, 3.05) is 23.8 Å². The number of nitrogens with one attached hydrogen (secondary N) is 1. The van der Waals surface area contributed by atoms with Crippen LogP contribution in [0.3, 0.4) is 0 Å². The van der Waals surface area contributed by atoms with E-state index in [9.17, 15) is 5.11 Å². The van der Waals surface area contributed by atoms with Crippen LogP contribution in [-0.2, 0) is 0 Å². The topological polar surface area (TPSA) is 32.3 Å². The van der Waals surface area contributed by atoms with Gasteiger partial charge in [-0.3, -0.25) is 0 Å². The fourth-order valence-corrected chi connectivity index (χ4v) is 4.74. The van der Waals surface area contributed by atoms with Crippen molar-refractivity contribution in [1.29, 1.82) is 0 Å². The second-order valence-corrected chi connectivity index (χ2v) is 6.64. The Morgan fingerprint density at radius 2 is 2.21 bits per heavy atom. The molecule has 0 amide bonds. The quantitative estimate of drug-likeness (QED) is 0.770. The lowest BCUT2D eigenvalue weighted by Crippen LogP contribution is -2.40. The molecule has 1 unspecified atom stereocenters. The van der Waals surface area contributed by atoms with Crippen molar-refractivity contribution in [3.63, 3.8) is 0 Å². The molecule has 1 aliphatic heterocycles. The Labute approximate surface area is 94.6 Å². The summed E-state index contributed by atoms with van der Waals surface area (Å²) in [4.78, 5) is 0. The minimum Gasteiger partial charge on any atom is -0.392 e. The summed E-state index contributed by atoms with van der Waals surface area (Å²) in [6.45, 7) is 1.08. The maximum Gasteiger partial charge on any atom is 0.0693 e. The average molecular weight is 233 g/mol. The highest BCUT2D eigenvalue weighted by Crippen LogP contribution is 2.24. The Balaban J connectivity index is 1.65. The third kappa shape index (κ3) is 3.05. The van der Waals surface area contributed by atoms with Gasteiger partial charge in [-0.25, -0.2) is 0 Å². The first kappa shape index (κ1) is 11.1. The summed E-state index contributed by atoms with van der Waals surface area (Å²) in [7, 11) is 0. The summed E-state index contributed by atoms with van der Waals surface area (Å²) < 4.78 is 0. The molecule has 3 atom stereocenters. The molecule has 2 aliphatic rings. The first-order chi connectivity index (χ1) is 6.86. The molecule has 2 N–H and O–H groups in total. The molecule has 1 saturated heterocycles. The molecular formula is C10H19NOS2. The van der Waals surface area contributed by atoms with Crippen molar-refractivity contribution in [1.82, 2.24) is 5.32 Å². The number of thioether (sulfide) groups is 2. The molecule has 0 radical (unpaired) electrons. The number of hydrogen-bond acceptors (Lipinski definition) is 4. The Morgan fingerprint density at radius 3 is 2.86 bits per heavy atom. The minimum atomic E-state index is -0.0868. The van der Waals surface area contributed by atoms with Crippen molar-refractivity contribution < 1.29 is 5.11 Å². The normalized spacial score (nSPS) is 38.8. The SMILES string of the molecule is O[C@H]1CCC[C@@H]1NCC1CSCCS1. The maximum atomic E-state index is 9.64. The van der Waals surface area contributed by atoms with Gasteiger partial charge in [0, 0.05) is 35.1 Å². The average Bonchev–Trinajstić information content (AvgIpc) is 2.63. The second-order valence-electron chi connectivity index (χ2n) is 4.08. The van der Waals surface area contributed by atoms with Gasteiger partial charge in [-0.15, -0.1) is 0 Å². The zero-order chi connectivity index (χ0) is 9.80. The summed E-state index contributed by atoms with van der Waals surface area (Å²) in [5, 5.41) is 13.9. The minimum absolute atomic E-state index is 0.0868. The fourth-order valence-electron chi connectivity index (χ4n) is 2.12. The lowest BCUT2D eigenvalue weighted by molar-refractivity contribution is 0.150. The van der Waals surface area contributed by atoms with E-state index in [0.29, 0.717) is 6.04 Å². The molecule has 1 saturated carbocycles. The molecule has 0 bridgehead atoms. The van der Waals surface area contributed by atoms with Gasteiger partial charge >= 0.3 is 0 Å². The highest BCUT2D eigenvalue weighted by Gasteiger charge is 2.25. The molecule has 1 aliphatic carbocycles. The molecule has 0 aromatic heterocycles. The molecule has 0 aromatic rings. The van der Waals surface area contributed by atoms with E-state index in [4.69, 9.17) is 0 Å². The Bertz CT molecular complexity index is 174. The molecule has 2 nitrogen and oxygen atoms in total. The van der Waals surface area contributed by atoms with Crippen LogP contribution in [0.25, 0.3) is 0 Å². The number of rotatable bonds is 3. The standard InChI is InChI=1S/C10H19NOS2/c12-10-3-1-2-9(10)11-6-8-7-13-4-5-14-8/h8-12H,1-7H2/t8?,9-,10-/m0/s1. The lowest BCUT2D eigenvalue weighted by atomic mass is 10.2. The van der Waals surface area contributed by atoms with Gasteiger partial charge in [0.05, 0.1) is 6.10 Å². The molecule has 14 heavy (non-hydrogen) atoms. The summed E-state index contributed by atoms with van der Waals surface area (Å²) in [6.07, 6.45) is 3.25. The number of aliphatic hydroxyl groups is 1. The molecule has 82 valence electrons. The van der Waals surface area contributed by atoms with E-state index >= 15 is 0 Å². The van der Waals surface area contributed by atoms with Gasteiger partial charge in [-0.05, 0) is 19.3 Å². The van der Waals surface area contributed by atoms with E-state index in [0.717, 1.165) is 24.6 Å². The second kappa shape index (κ2) is 5.64. The van der Waals surface area contributed by atoms with Crippen molar-refractivity contribution in [3.8, 4) is 0 Å². The molecule has 2 rings (SSSR count). The van der Waals surface area contributed by atoms with Gasteiger partial charge in [0.15, 0.2) is 0 Å². The van der Waals surface area contributed by atoms with Crippen LogP contribution in [0.4, 0.5) is 0 Å². The van der Waals surface area contributed by atoms with Crippen LogP contribution < -0.4 is 5.32 Å². The maximum absolute atomic E-state index is 9.64. The van der Waals surface area contributed by atoms with Crippen LogP contribution in [0.15, 0.2) is 0 Å². The lowest BCUT2D eigenvalue weighted by Gasteiger charge is -2.24. The monoisotopic (exact) mass is 233 g/mol. The fraction of sp³-hybridized carbons (Fsp3) is 1.00. The van der Waals surface area contributed by atoms with Crippen LogP contribution >= 0.6 is 23.5 Å². The van der Waals surface area contributed by atoms with Crippen molar-refractivity contribution >= 4 is 23.5 Å². The summed E-state index contributed by atoms with van der Waals surface area (Å²) in [5.41, 5.74) is 0. The van der Waals surface area contributed by atoms with Crippen LogP contribution in [0.5, 0.6) is 0 Å². The third-order valence-electron chi connectivity index (χ3n) is 2.97. The molecule has 0 aromatic carbocycles. The molecule has 1 heterocycles. The van der Waals surface area contributed by atoms with E-state index in [-0.39, 0.29) is 6.10 Å². The Kier molecular flexibility index (Phi) is 4.47. The van der Waals surface area contributed by atoms with Crippen LogP contribution in [0.1, 0.15) is 19.3 Å². The van der Waals surface area contributed by atoms with E-state index in [1.165, 1.54) is 23.7 Å². The van der Waals surface area contributed by atoms with Gasteiger partial charge in [-0.2, -0.15) is 23.5 Å². The Morgan fingerprint density at radius 1 is 1.29 bits per heavy atom. The van der Waals surface area contributed by atoms with Crippen molar-refractivity contribution in [3.05, 3.63) is 0 Å². The van der Waals surface area contributed by atoms with Crippen LogP contribution in [0.2, 0.25) is 0 Å². The van der Waals surface area contributed by atoms with Gasteiger partial charge in [0.1, 0.15) is 0 Å². The first-order valence-corrected chi connectivity index (χ1v) is 7.67. The highest BCUT2D eigenvalue weighted by atomic mass is 32.2. The van der Waals surface area contributed by atoms with Gasteiger partial charge in [0.25, 0.3) is 0 Å². The smallest absolute Gasteiger partial charge is 0.0693 e. The predicted molar refractivity (Wildman–Crippen MR) is 65.2 cm³/mol. The van der Waals surface area contributed by atoms with E-state index in [1.54, 1.807) is 0 Å². The number of aliphatic hydroxyl groups excluding tert-OH is 1. The predicted octanol–water partition coefficient (Wildman–Crippen LogP) is 1.34. The molecule has 2 fully saturated rings. The van der Waals surface area contributed by atoms with Crippen LogP contribution in [-0.4, -0.2) is 46.3 Å². The highest BCUT2D eigenvalue weighted by molar-refractivity contribution is 8.06. The van der Waals surface area contributed by atoms with Crippen molar-refractivity contribution in [2.45, 2.75) is 36.7 Å². The summed E-state index contributed by atoms with van der Waals surface area (Å²) in [6, 6.07) is 0.377. The number of hydrogen-bond donors (Lipinski definition) is 2. The molecular weight excluding hydrogens is 214 g/mol. The van der Waals surface area contributed by atoms with Crippen LogP contribution in [0, 0.1) is 0 Å². The zero-order valence-corrected chi connectivity index (χ0v) is 10.1. The van der Waals surface area contributed by atoms with Gasteiger partial charge in [0.2, 0.25) is 0 Å². The summed E-state index contributed by atoms with van der Waals surface area (Å²) >= 11 is 4.15. The zero-order valence-electron chi connectivity index (χ0n) is 8.45. The van der Waals surface area contributed by atoms with E-state index in [1.807, 2.05) is 0 Å². The van der Waals surface area contributed by atoms with Gasteiger partial charge in [-0.1, -0.05) is 0 Å². The van der Waals surface area contributed by atoms with E-state index < -0.39 is 0 Å². The molecule has 4 heteroatoms. The largest absolute Gasteiger partial charge is 0.392 e. The van der Waals surface area contributed by atoms with Crippen molar-refractivity contribution in [2.24, 2.45) is 0 Å². The third-order valence-corrected chi connectivity index (χ3v) is 5.82. The molecule has 0 spiro atoms. The van der Waals surface area contributed by atoms with E-state index in [2.05, 4.69) is 28.8 Å². The summed E-state index contributed by atoms with van der Waals surface area (Å²) in [5.74, 6) is 3.89. The van der Waals surface area contributed by atoms with Gasteiger partial charge < -0.3 is 10.4 Å². The first-order valence-electron chi connectivity index (χ1n) is 5.47.